The number of aromatic nitrogens is 1. The van der Waals surface area contributed by atoms with E-state index in [2.05, 4.69) is 0 Å². The maximum absolute atomic E-state index is 11.8. The number of carboxylic acids is 1. The predicted molar refractivity (Wildman–Crippen MR) is 59.5 cm³/mol. The molecule has 0 saturated heterocycles. The number of fused-ring (bicyclic) bond motifs is 1. The van der Waals surface area contributed by atoms with Gasteiger partial charge in [0.25, 0.3) is 5.56 Å². The lowest BCUT2D eigenvalue weighted by Gasteiger charge is -2.07. The Kier molecular flexibility index (Phi) is 2.27. The van der Waals surface area contributed by atoms with E-state index < -0.39 is 23.0 Å². The molecule has 0 aliphatic rings. The third kappa shape index (κ3) is 1.59. The lowest BCUT2D eigenvalue weighted by molar-refractivity contribution is 0.0685. The molecule has 88 valence electrons. The van der Waals surface area contributed by atoms with E-state index in [0.29, 0.717) is 0 Å². The summed E-state index contributed by atoms with van der Waals surface area (Å²) in [6.07, 6.45) is 0. The van der Waals surface area contributed by atoms with Crippen molar-refractivity contribution >= 4 is 16.7 Å². The highest BCUT2D eigenvalue weighted by Crippen LogP contribution is 2.28. The van der Waals surface area contributed by atoms with Crippen molar-refractivity contribution in [3.8, 4) is 11.5 Å². The Hall–Kier alpha value is -2.50. The van der Waals surface area contributed by atoms with Gasteiger partial charge >= 0.3 is 5.97 Å². The maximum Gasteiger partial charge on any atom is 0.352 e. The van der Waals surface area contributed by atoms with Gasteiger partial charge in [0.15, 0.2) is 11.5 Å². The third-order valence-corrected chi connectivity index (χ3v) is 2.55. The minimum absolute atomic E-state index is 0.146. The molecular formula is C11H9NO5. The van der Waals surface area contributed by atoms with Gasteiger partial charge in [0.1, 0.15) is 5.69 Å². The van der Waals surface area contributed by atoms with Crippen molar-refractivity contribution in [2.45, 2.75) is 0 Å². The van der Waals surface area contributed by atoms with E-state index >= 15 is 0 Å². The van der Waals surface area contributed by atoms with Gasteiger partial charge < -0.3 is 19.9 Å². The molecule has 0 aliphatic carbocycles. The smallest absolute Gasteiger partial charge is 0.352 e. The van der Waals surface area contributed by atoms with Gasteiger partial charge in [-0.15, -0.1) is 0 Å². The van der Waals surface area contributed by atoms with Crippen molar-refractivity contribution < 1.29 is 20.1 Å². The monoisotopic (exact) mass is 235 g/mol. The lowest BCUT2D eigenvalue weighted by atomic mass is 10.1. The van der Waals surface area contributed by atoms with E-state index in [1.54, 1.807) is 0 Å². The Morgan fingerprint density at radius 2 is 1.76 bits per heavy atom. The van der Waals surface area contributed by atoms with Crippen molar-refractivity contribution in [1.82, 2.24) is 4.57 Å². The highest BCUT2D eigenvalue weighted by molar-refractivity contribution is 5.93. The van der Waals surface area contributed by atoms with Crippen LogP contribution in [0, 0.1) is 0 Å². The standard InChI is InChI=1S/C11H9NO5/c1-12-7(11(16)17)2-5-3-8(13)9(14)4-6(5)10(12)15/h2-4,13-14H,1H3,(H,16,17). The number of benzene rings is 1. The summed E-state index contributed by atoms with van der Waals surface area (Å²) < 4.78 is 0.973. The van der Waals surface area contributed by atoms with Crippen molar-refractivity contribution in [3.63, 3.8) is 0 Å². The summed E-state index contributed by atoms with van der Waals surface area (Å²) >= 11 is 0. The second-order valence-corrected chi connectivity index (χ2v) is 3.63. The zero-order valence-corrected chi connectivity index (χ0v) is 8.84. The van der Waals surface area contributed by atoms with Gasteiger partial charge in [0, 0.05) is 7.05 Å². The Bertz CT molecular complexity index is 686. The zero-order valence-electron chi connectivity index (χ0n) is 8.84. The number of carbonyl (C=O) groups is 1. The largest absolute Gasteiger partial charge is 0.504 e. The van der Waals surface area contributed by atoms with Crippen molar-refractivity contribution in [1.29, 1.82) is 0 Å². The van der Waals surface area contributed by atoms with E-state index in [4.69, 9.17) is 5.11 Å². The topological polar surface area (TPSA) is 99.8 Å². The fraction of sp³-hybridized carbons (Fsp3) is 0.0909. The van der Waals surface area contributed by atoms with E-state index in [-0.39, 0.29) is 16.5 Å². The third-order valence-electron chi connectivity index (χ3n) is 2.55. The molecule has 1 aromatic carbocycles. The van der Waals surface area contributed by atoms with Gasteiger partial charge in [-0.2, -0.15) is 0 Å². The molecule has 2 aromatic rings. The van der Waals surface area contributed by atoms with Crippen molar-refractivity contribution in [2.75, 3.05) is 0 Å². The summed E-state index contributed by atoms with van der Waals surface area (Å²) in [6, 6.07) is 3.52. The van der Waals surface area contributed by atoms with Crippen LogP contribution in [0.5, 0.6) is 11.5 Å². The molecule has 0 spiro atoms. The second-order valence-electron chi connectivity index (χ2n) is 3.63. The molecule has 17 heavy (non-hydrogen) atoms. The van der Waals surface area contributed by atoms with Crippen LogP contribution < -0.4 is 5.56 Å². The van der Waals surface area contributed by atoms with E-state index in [1.807, 2.05) is 0 Å². The number of carboxylic acid groups (broad SMARTS) is 1. The molecule has 0 amide bonds. The Labute approximate surface area is 95.0 Å². The highest BCUT2D eigenvalue weighted by Gasteiger charge is 2.13. The maximum atomic E-state index is 11.8. The van der Waals surface area contributed by atoms with Crippen LogP contribution in [0.3, 0.4) is 0 Å². The van der Waals surface area contributed by atoms with Crippen LogP contribution >= 0.6 is 0 Å². The summed E-state index contributed by atoms with van der Waals surface area (Å²) in [4.78, 5) is 22.7. The molecule has 0 saturated carbocycles. The van der Waals surface area contributed by atoms with Gasteiger partial charge in [-0.3, -0.25) is 4.79 Å². The van der Waals surface area contributed by atoms with Crippen LogP contribution in [-0.2, 0) is 7.05 Å². The molecule has 3 N–H and O–H groups in total. The average molecular weight is 235 g/mol. The summed E-state index contributed by atoms with van der Waals surface area (Å²) in [6.45, 7) is 0. The molecule has 0 bridgehead atoms. The first kappa shape index (κ1) is 11.0. The molecule has 2 rings (SSSR count). The number of nitrogens with zero attached hydrogens (tertiary/aromatic N) is 1. The second kappa shape index (κ2) is 3.51. The summed E-state index contributed by atoms with van der Waals surface area (Å²) in [5.74, 6) is -2.06. The average Bonchev–Trinajstić information content (AvgIpc) is 2.26. The zero-order chi connectivity index (χ0) is 12.7. The summed E-state index contributed by atoms with van der Waals surface area (Å²) in [5.41, 5.74) is -0.734. The first-order chi connectivity index (χ1) is 7.91. The quantitative estimate of drug-likeness (QED) is 0.630. The minimum Gasteiger partial charge on any atom is -0.504 e. The number of hydrogen-bond donors (Lipinski definition) is 3. The lowest BCUT2D eigenvalue weighted by Crippen LogP contribution is -2.23. The Morgan fingerprint density at radius 1 is 1.18 bits per heavy atom. The number of phenols is 2. The van der Waals surface area contributed by atoms with E-state index in [1.165, 1.54) is 13.1 Å². The highest BCUT2D eigenvalue weighted by atomic mass is 16.4. The van der Waals surface area contributed by atoms with E-state index in [0.717, 1.165) is 16.7 Å². The van der Waals surface area contributed by atoms with E-state index in [9.17, 15) is 19.8 Å². The summed E-state index contributed by atoms with van der Waals surface area (Å²) in [7, 11) is 1.33. The van der Waals surface area contributed by atoms with Gasteiger partial charge in [-0.25, -0.2) is 4.79 Å². The van der Waals surface area contributed by atoms with Crippen LogP contribution in [0.2, 0.25) is 0 Å². The van der Waals surface area contributed by atoms with Gasteiger partial charge in [-0.05, 0) is 23.6 Å². The molecular weight excluding hydrogens is 226 g/mol. The molecule has 6 nitrogen and oxygen atoms in total. The Morgan fingerprint density at radius 3 is 2.35 bits per heavy atom. The molecule has 0 atom stereocenters. The molecule has 6 heteroatoms. The SMILES string of the molecule is Cn1c(C(=O)O)cc2cc(O)c(O)cc2c1=O. The minimum atomic E-state index is -1.24. The van der Waals surface area contributed by atoms with Crippen LogP contribution in [0.1, 0.15) is 10.5 Å². The molecule has 0 unspecified atom stereocenters. The number of phenolic OH excluding ortho intramolecular Hbond substituents is 2. The normalized spacial score (nSPS) is 10.6. The van der Waals surface area contributed by atoms with Gasteiger partial charge in [0.05, 0.1) is 5.39 Å². The molecule has 0 aliphatic heterocycles. The number of hydrogen-bond acceptors (Lipinski definition) is 4. The van der Waals surface area contributed by atoms with Crippen molar-refractivity contribution in [2.24, 2.45) is 7.05 Å². The molecule has 0 fully saturated rings. The van der Waals surface area contributed by atoms with Gasteiger partial charge in [0.2, 0.25) is 0 Å². The fourth-order valence-corrected chi connectivity index (χ4v) is 1.64. The molecule has 0 radical (unpaired) electrons. The number of pyridine rings is 1. The predicted octanol–water partition coefficient (Wildman–Crippen LogP) is 0.648. The van der Waals surface area contributed by atoms with Crippen molar-refractivity contribution in [3.05, 3.63) is 34.2 Å². The number of aromatic hydroxyl groups is 2. The van der Waals surface area contributed by atoms with Crippen LogP contribution in [0.15, 0.2) is 23.0 Å². The van der Waals surface area contributed by atoms with Crippen LogP contribution in [0.25, 0.3) is 10.8 Å². The number of aromatic carboxylic acids is 1. The van der Waals surface area contributed by atoms with Crippen LogP contribution in [-0.4, -0.2) is 25.9 Å². The first-order valence-electron chi connectivity index (χ1n) is 4.71. The van der Waals surface area contributed by atoms with Gasteiger partial charge in [-0.1, -0.05) is 0 Å². The van der Waals surface area contributed by atoms with Crippen LogP contribution in [0.4, 0.5) is 0 Å². The Balaban J connectivity index is 2.96. The number of rotatable bonds is 1. The fourth-order valence-electron chi connectivity index (χ4n) is 1.64. The molecule has 1 heterocycles. The first-order valence-corrected chi connectivity index (χ1v) is 4.71. The molecule has 1 aromatic heterocycles. The summed E-state index contributed by atoms with van der Waals surface area (Å²) in [5, 5.41) is 27.9.